The van der Waals surface area contributed by atoms with Crippen molar-refractivity contribution in [3.63, 3.8) is 0 Å². The quantitative estimate of drug-likeness (QED) is 0.0858. The summed E-state index contributed by atoms with van der Waals surface area (Å²) >= 11 is 0. The Labute approximate surface area is 238 Å². The van der Waals surface area contributed by atoms with Gasteiger partial charge in [-0.15, -0.1) is 0 Å². The second-order valence-corrected chi connectivity index (χ2v) is 9.65. The van der Waals surface area contributed by atoms with Crippen LogP contribution in [0.5, 0.6) is 5.75 Å². The zero-order valence-corrected chi connectivity index (χ0v) is 23.5. The normalized spacial score (nSPS) is 12.0. The molecular formula is C32H34N4O5. The van der Waals surface area contributed by atoms with Crippen molar-refractivity contribution >= 4 is 28.6 Å². The first-order valence-corrected chi connectivity index (χ1v) is 13.8. The van der Waals surface area contributed by atoms with Crippen LogP contribution in [-0.4, -0.2) is 38.4 Å². The Bertz CT molecular complexity index is 1590. The highest BCUT2D eigenvalue weighted by atomic mass is 16.6. The fourth-order valence-corrected chi connectivity index (χ4v) is 4.67. The lowest BCUT2D eigenvalue weighted by molar-refractivity contribution is -0.384. The van der Waals surface area contributed by atoms with Crippen molar-refractivity contribution in [3.8, 4) is 11.4 Å². The topological polar surface area (TPSA) is 108 Å². The summed E-state index contributed by atoms with van der Waals surface area (Å²) in [5.41, 5.74) is 1.62. The van der Waals surface area contributed by atoms with Gasteiger partial charge >= 0.3 is 0 Å². The van der Waals surface area contributed by atoms with E-state index in [4.69, 9.17) is 9.72 Å². The van der Waals surface area contributed by atoms with Crippen molar-refractivity contribution in [1.82, 2.24) is 14.5 Å². The second-order valence-electron chi connectivity index (χ2n) is 9.65. The highest BCUT2D eigenvalue weighted by Crippen LogP contribution is 2.25. The van der Waals surface area contributed by atoms with E-state index in [1.165, 1.54) is 18.2 Å². The third-order valence-corrected chi connectivity index (χ3v) is 6.86. The summed E-state index contributed by atoms with van der Waals surface area (Å²) in [6.45, 7) is 6.89. The molecule has 4 aromatic rings. The molecule has 0 saturated heterocycles. The Balaban J connectivity index is 1.76. The zero-order valence-electron chi connectivity index (χ0n) is 23.5. The first-order valence-electron chi connectivity index (χ1n) is 13.8. The molecule has 1 heterocycles. The summed E-state index contributed by atoms with van der Waals surface area (Å²) in [7, 11) is 0. The summed E-state index contributed by atoms with van der Waals surface area (Å²) in [6, 6.07) is 19.9. The van der Waals surface area contributed by atoms with E-state index in [0.29, 0.717) is 46.9 Å². The third-order valence-electron chi connectivity index (χ3n) is 6.86. The van der Waals surface area contributed by atoms with E-state index in [-0.39, 0.29) is 17.2 Å². The van der Waals surface area contributed by atoms with Crippen LogP contribution in [0.15, 0.2) is 83.7 Å². The van der Waals surface area contributed by atoms with E-state index in [9.17, 15) is 19.7 Å². The van der Waals surface area contributed by atoms with Gasteiger partial charge in [0.05, 0.1) is 34.2 Å². The monoisotopic (exact) mass is 554 g/mol. The number of unbranched alkanes of at least 4 members (excludes halogenated alkanes) is 2. The average molecular weight is 555 g/mol. The van der Waals surface area contributed by atoms with Crippen LogP contribution < -0.4 is 10.3 Å². The molecule has 0 aliphatic heterocycles. The van der Waals surface area contributed by atoms with Crippen molar-refractivity contribution in [2.24, 2.45) is 0 Å². The number of carbonyl (C=O) groups excluding carboxylic acids is 1. The molecule has 0 radical (unpaired) electrons. The van der Waals surface area contributed by atoms with Crippen LogP contribution >= 0.6 is 0 Å². The molecule has 1 unspecified atom stereocenters. The van der Waals surface area contributed by atoms with E-state index in [1.54, 1.807) is 45.9 Å². The summed E-state index contributed by atoms with van der Waals surface area (Å²) in [6.07, 6.45) is 5.82. The van der Waals surface area contributed by atoms with Crippen LogP contribution in [0.2, 0.25) is 0 Å². The van der Waals surface area contributed by atoms with Gasteiger partial charge < -0.3 is 9.64 Å². The number of nitrogens with zero attached hydrogens (tertiary/aromatic N) is 4. The average Bonchev–Trinajstić information content (AvgIpc) is 2.99. The van der Waals surface area contributed by atoms with Gasteiger partial charge in [-0.1, -0.05) is 31.9 Å². The summed E-state index contributed by atoms with van der Waals surface area (Å²) in [5, 5.41) is 11.5. The minimum atomic E-state index is -0.537. The number of aromatic nitrogens is 2. The number of benzene rings is 3. The van der Waals surface area contributed by atoms with Crippen molar-refractivity contribution in [2.75, 3.05) is 13.2 Å². The molecule has 0 bridgehead atoms. The molecule has 1 amide bonds. The smallest absolute Gasteiger partial charge is 0.269 e. The molecular weight excluding hydrogens is 520 g/mol. The third kappa shape index (κ3) is 6.87. The molecule has 1 atom stereocenters. The standard InChI is InChI=1S/C32H34N4O5/c1-4-6-9-22-34(30(37)21-14-24-12-15-26(16-13-24)36(39)40)23(3)31-33-29-11-8-7-10-28(29)32(38)35(31)25-17-19-27(20-18-25)41-5-2/h7-8,10-21,23H,4-6,9,22H2,1-3H3. The van der Waals surface area contributed by atoms with Crippen molar-refractivity contribution < 1.29 is 14.5 Å². The molecule has 9 nitrogen and oxygen atoms in total. The van der Waals surface area contributed by atoms with E-state index < -0.39 is 11.0 Å². The van der Waals surface area contributed by atoms with Crippen LogP contribution in [0, 0.1) is 10.1 Å². The number of rotatable bonds is 12. The number of amides is 1. The Kier molecular flexibility index (Phi) is 9.63. The van der Waals surface area contributed by atoms with Crippen LogP contribution in [0.4, 0.5) is 5.69 Å². The number of carbonyl (C=O) groups is 1. The number of hydrogen-bond acceptors (Lipinski definition) is 6. The van der Waals surface area contributed by atoms with Crippen molar-refractivity contribution in [1.29, 1.82) is 0 Å². The SMILES string of the molecule is CCCCCN(C(=O)C=Cc1ccc([N+](=O)[O-])cc1)C(C)c1nc2ccccc2c(=O)n1-c1ccc(OCC)cc1. The fraction of sp³-hybridized carbons (Fsp3) is 0.281. The molecule has 0 N–H and O–H groups in total. The number of nitro benzene ring substituents is 1. The fourth-order valence-electron chi connectivity index (χ4n) is 4.67. The van der Waals surface area contributed by atoms with E-state index >= 15 is 0 Å². The van der Waals surface area contributed by atoms with Crippen LogP contribution in [0.1, 0.15) is 57.5 Å². The minimum absolute atomic E-state index is 0.0158. The van der Waals surface area contributed by atoms with Crippen LogP contribution in [0.25, 0.3) is 22.7 Å². The number of hydrogen-bond donors (Lipinski definition) is 0. The maximum atomic E-state index is 13.8. The molecule has 9 heteroatoms. The maximum Gasteiger partial charge on any atom is 0.269 e. The Morgan fingerprint density at radius 2 is 1.76 bits per heavy atom. The molecule has 3 aromatic carbocycles. The first kappa shape index (κ1) is 29.2. The molecule has 0 saturated carbocycles. The predicted octanol–water partition coefficient (Wildman–Crippen LogP) is 6.49. The zero-order chi connectivity index (χ0) is 29.4. The van der Waals surface area contributed by atoms with Gasteiger partial charge in [0.15, 0.2) is 0 Å². The van der Waals surface area contributed by atoms with Crippen molar-refractivity contribution in [3.05, 3.63) is 111 Å². The van der Waals surface area contributed by atoms with Gasteiger partial charge in [0.2, 0.25) is 5.91 Å². The lowest BCUT2D eigenvalue weighted by Crippen LogP contribution is -2.37. The van der Waals surface area contributed by atoms with Crippen LogP contribution in [-0.2, 0) is 4.79 Å². The Hall–Kier alpha value is -4.79. The molecule has 0 aliphatic rings. The molecule has 1 aromatic heterocycles. The summed E-state index contributed by atoms with van der Waals surface area (Å²) < 4.78 is 7.16. The number of nitro groups is 1. The van der Waals surface area contributed by atoms with Gasteiger partial charge in [0, 0.05) is 24.8 Å². The van der Waals surface area contributed by atoms with Gasteiger partial charge in [-0.05, 0) is 80.4 Å². The molecule has 212 valence electrons. The number of non-ortho nitro benzene ring substituents is 1. The van der Waals surface area contributed by atoms with Gasteiger partial charge in [0.25, 0.3) is 11.2 Å². The second kappa shape index (κ2) is 13.5. The highest BCUT2D eigenvalue weighted by Gasteiger charge is 2.25. The van der Waals surface area contributed by atoms with Gasteiger partial charge in [0.1, 0.15) is 11.6 Å². The molecule has 0 fully saturated rings. The predicted molar refractivity (Wildman–Crippen MR) is 160 cm³/mol. The molecule has 41 heavy (non-hydrogen) atoms. The largest absolute Gasteiger partial charge is 0.494 e. The van der Waals surface area contributed by atoms with Gasteiger partial charge in [-0.25, -0.2) is 4.98 Å². The van der Waals surface area contributed by atoms with Crippen LogP contribution in [0.3, 0.4) is 0 Å². The summed E-state index contributed by atoms with van der Waals surface area (Å²) in [4.78, 5) is 44.6. The molecule has 0 aliphatic carbocycles. The maximum absolute atomic E-state index is 13.8. The summed E-state index contributed by atoms with van der Waals surface area (Å²) in [5.74, 6) is 0.902. The number of fused-ring (bicyclic) bond motifs is 1. The van der Waals surface area contributed by atoms with E-state index in [1.807, 2.05) is 44.2 Å². The lowest BCUT2D eigenvalue weighted by atomic mass is 10.1. The van der Waals surface area contributed by atoms with E-state index in [0.717, 1.165) is 19.3 Å². The Morgan fingerprint density at radius 1 is 1.05 bits per heavy atom. The molecule has 4 rings (SSSR count). The first-order chi connectivity index (χ1) is 19.8. The van der Waals surface area contributed by atoms with Gasteiger partial charge in [-0.2, -0.15) is 0 Å². The van der Waals surface area contributed by atoms with E-state index in [2.05, 4.69) is 6.92 Å². The number of ether oxygens (including phenoxy) is 1. The lowest BCUT2D eigenvalue weighted by Gasteiger charge is -2.30. The molecule has 0 spiro atoms. The van der Waals surface area contributed by atoms with Crippen molar-refractivity contribution in [2.45, 2.75) is 46.1 Å². The van der Waals surface area contributed by atoms with Gasteiger partial charge in [-0.3, -0.25) is 24.3 Å². The minimum Gasteiger partial charge on any atom is -0.494 e. The number of para-hydroxylation sites is 1. The highest BCUT2D eigenvalue weighted by molar-refractivity contribution is 5.92. The Morgan fingerprint density at radius 3 is 2.41 bits per heavy atom.